The molecule has 0 amide bonds. The molecule has 0 saturated heterocycles. The topological polar surface area (TPSA) is 119 Å². The molecular formula is C25H46O8. The summed E-state index contributed by atoms with van der Waals surface area (Å²) in [5, 5.41) is 18.1. The van der Waals surface area contributed by atoms with Gasteiger partial charge in [-0.2, -0.15) is 0 Å². The molecule has 8 heteroatoms. The Kier molecular flexibility index (Phi) is 19.8. The third kappa shape index (κ3) is 19.5. The van der Waals surface area contributed by atoms with E-state index in [1.807, 2.05) is 0 Å². The molecule has 0 spiro atoms. The van der Waals surface area contributed by atoms with Crippen molar-refractivity contribution >= 4 is 17.9 Å². The van der Waals surface area contributed by atoms with Crippen LogP contribution < -0.4 is 0 Å². The fourth-order valence-electron chi connectivity index (χ4n) is 3.74. The standard InChI is InChI=1S/C25H46O8/c1-4-5-6-7-8-9-10-11-12-14-22(31-20(2)28)15-13-16-23(32-21(3)29)17-25(30)33-24(18-26)19-27/h22-24,26-27H,4-19H2,1-3H3. The Hall–Kier alpha value is -1.67. The first-order chi connectivity index (χ1) is 15.8. The van der Waals surface area contributed by atoms with Gasteiger partial charge in [-0.05, 0) is 32.1 Å². The maximum atomic E-state index is 12.0. The zero-order chi connectivity index (χ0) is 24.9. The normalized spacial score (nSPS) is 12.9. The van der Waals surface area contributed by atoms with E-state index in [4.69, 9.17) is 24.4 Å². The third-order valence-corrected chi connectivity index (χ3v) is 5.45. The zero-order valence-corrected chi connectivity index (χ0v) is 20.9. The molecule has 8 nitrogen and oxygen atoms in total. The molecule has 0 heterocycles. The molecule has 0 aromatic rings. The summed E-state index contributed by atoms with van der Waals surface area (Å²) in [7, 11) is 0. The molecule has 0 saturated carbocycles. The summed E-state index contributed by atoms with van der Waals surface area (Å²) in [4.78, 5) is 34.9. The molecule has 0 bridgehead atoms. The fourth-order valence-corrected chi connectivity index (χ4v) is 3.74. The van der Waals surface area contributed by atoms with Crippen molar-refractivity contribution in [2.45, 2.75) is 129 Å². The molecule has 2 atom stereocenters. The molecule has 33 heavy (non-hydrogen) atoms. The average molecular weight is 475 g/mol. The van der Waals surface area contributed by atoms with Crippen LogP contribution in [0, 0.1) is 0 Å². The fraction of sp³-hybridized carbons (Fsp3) is 0.880. The van der Waals surface area contributed by atoms with E-state index in [1.54, 1.807) is 0 Å². The molecule has 194 valence electrons. The minimum Gasteiger partial charge on any atom is -0.463 e. The van der Waals surface area contributed by atoms with Crippen LogP contribution in [0.1, 0.15) is 111 Å². The second kappa shape index (κ2) is 20.9. The minimum atomic E-state index is -0.986. The quantitative estimate of drug-likeness (QED) is 0.144. The summed E-state index contributed by atoms with van der Waals surface area (Å²) >= 11 is 0. The molecular weight excluding hydrogens is 428 g/mol. The highest BCUT2D eigenvalue weighted by Gasteiger charge is 2.21. The molecule has 0 aliphatic rings. The number of aliphatic hydroxyl groups excluding tert-OH is 2. The first-order valence-electron chi connectivity index (χ1n) is 12.6. The number of aliphatic hydroxyl groups is 2. The number of hydrogen-bond donors (Lipinski definition) is 2. The summed E-state index contributed by atoms with van der Waals surface area (Å²) in [5.41, 5.74) is 0. The van der Waals surface area contributed by atoms with Gasteiger partial charge in [0.05, 0.1) is 19.6 Å². The van der Waals surface area contributed by atoms with Crippen LogP contribution in [0.5, 0.6) is 0 Å². The smallest absolute Gasteiger partial charge is 0.309 e. The summed E-state index contributed by atoms with van der Waals surface area (Å²) in [6.45, 7) is 3.93. The Balaban J connectivity index is 4.36. The Bertz CT molecular complexity index is 519. The van der Waals surface area contributed by atoms with Crippen LogP contribution in [0.15, 0.2) is 0 Å². The number of unbranched alkanes of at least 4 members (excludes halogenated alkanes) is 8. The molecule has 0 radical (unpaired) electrons. The van der Waals surface area contributed by atoms with Crippen LogP contribution in [-0.2, 0) is 28.6 Å². The molecule has 0 aromatic heterocycles. The van der Waals surface area contributed by atoms with Crippen LogP contribution in [0.25, 0.3) is 0 Å². The van der Waals surface area contributed by atoms with Crippen LogP contribution in [0.4, 0.5) is 0 Å². The van der Waals surface area contributed by atoms with Crippen molar-refractivity contribution < 1.29 is 38.8 Å². The van der Waals surface area contributed by atoms with E-state index in [-0.39, 0.29) is 18.5 Å². The highest BCUT2D eigenvalue weighted by molar-refractivity contribution is 5.71. The van der Waals surface area contributed by atoms with Crippen molar-refractivity contribution in [1.82, 2.24) is 0 Å². The maximum absolute atomic E-state index is 12.0. The second-order valence-corrected chi connectivity index (χ2v) is 8.69. The van der Waals surface area contributed by atoms with Gasteiger partial charge in [-0.1, -0.05) is 58.3 Å². The first-order valence-corrected chi connectivity index (χ1v) is 12.6. The van der Waals surface area contributed by atoms with Crippen LogP contribution in [0.3, 0.4) is 0 Å². The summed E-state index contributed by atoms with van der Waals surface area (Å²) < 4.78 is 15.6. The van der Waals surface area contributed by atoms with Gasteiger partial charge in [0, 0.05) is 13.8 Å². The molecule has 2 N–H and O–H groups in total. The van der Waals surface area contributed by atoms with Gasteiger partial charge in [0.1, 0.15) is 18.3 Å². The number of hydrogen-bond acceptors (Lipinski definition) is 8. The van der Waals surface area contributed by atoms with Gasteiger partial charge >= 0.3 is 17.9 Å². The van der Waals surface area contributed by atoms with Crippen molar-refractivity contribution in [1.29, 1.82) is 0 Å². The summed E-state index contributed by atoms with van der Waals surface area (Å²) in [6, 6.07) is 0. The van der Waals surface area contributed by atoms with Crippen molar-refractivity contribution in [3.63, 3.8) is 0 Å². The van der Waals surface area contributed by atoms with Crippen molar-refractivity contribution in [3.05, 3.63) is 0 Å². The van der Waals surface area contributed by atoms with Gasteiger partial charge in [0.15, 0.2) is 0 Å². The number of esters is 3. The highest BCUT2D eigenvalue weighted by atomic mass is 16.6. The van der Waals surface area contributed by atoms with E-state index < -0.39 is 37.4 Å². The lowest BCUT2D eigenvalue weighted by molar-refractivity contribution is -0.160. The van der Waals surface area contributed by atoms with Gasteiger partial charge in [-0.15, -0.1) is 0 Å². The number of ether oxygens (including phenoxy) is 3. The van der Waals surface area contributed by atoms with Crippen LogP contribution >= 0.6 is 0 Å². The summed E-state index contributed by atoms with van der Waals surface area (Å²) in [5.74, 6) is -1.46. The first kappa shape index (κ1) is 31.3. The van der Waals surface area contributed by atoms with Gasteiger partial charge in [-0.25, -0.2) is 0 Å². The van der Waals surface area contributed by atoms with E-state index in [1.165, 1.54) is 58.8 Å². The lowest BCUT2D eigenvalue weighted by Gasteiger charge is -2.20. The van der Waals surface area contributed by atoms with Gasteiger partial charge < -0.3 is 24.4 Å². The van der Waals surface area contributed by atoms with Crippen LogP contribution in [0.2, 0.25) is 0 Å². The Morgan fingerprint density at radius 3 is 1.58 bits per heavy atom. The predicted octanol–water partition coefficient (Wildman–Crippen LogP) is 4.23. The van der Waals surface area contributed by atoms with Gasteiger partial charge in [0.2, 0.25) is 0 Å². The average Bonchev–Trinajstić information content (AvgIpc) is 2.75. The van der Waals surface area contributed by atoms with Crippen molar-refractivity contribution in [2.24, 2.45) is 0 Å². The third-order valence-electron chi connectivity index (χ3n) is 5.45. The van der Waals surface area contributed by atoms with Gasteiger partial charge in [-0.3, -0.25) is 14.4 Å². The molecule has 0 fully saturated rings. The second-order valence-electron chi connectivity index (χ2n) is 8.69. The van der Waals surface area contributed by atoms with Crippen LogP contribution in [-0.4, -0.2) is 59.6 Å². The maximum Gasteiger partial charge on any atom is 0.309 e. The Morgan fingerprint density at radius 2 is 1.06 bits per heavy atom. The SMILES string of the molecule is CCCCCCCCCCCC(CCCC(CC(=O)OC(CO)CO)OC(C)=O)OC(C)=O. The molecule has 0 aliphatic carbocycles. The number of rotatable bonds is 21. The molecule has 0 aliphatic heterocycles. The minimum absolute atomic E-state index is 0.160. The van der Waals surface area contributed by atoms with Crippen molar-refractivity contribution in [3.8, 4) is 0 Å². The van der Waals surface area contributed by atoms with E-state index in [0.29, 0.717) is 19.3 Å². The Morgan fingerprint density at radius 1 is 0.606 bits per heavy atom. The zero-order valence-electron chi connectivity index (χ0n) is 20.9. The molecule has 0 rings (SSSR count). The largest absolute Gasteiger partial charge is 0.463 e. The number of carbonyl (C=O) groups excluding carboxylic acids is 3. The van der Waals surface area contributed by atoms with E-state index >= 15 is 0 Å². The lowest BCUT2D eigenvalue weighted by atomic mass is 10.0. The lowest BCUT2D eigenvalue weighted by Crippen LogP contribution is -2.29. The van der Waals surface area contributed by atoms with E-state index in [9.17, 15) is 14.4 Å². The van der Waals surface area contributed by atoms with E-state index in [0.717, 1.165) is 19.3 Å². The highest BCUT2D eigenvalue weighted by Crippen LogP contribution is 2.18. The summed E-state index contributed by atoms with van der Waals surface area (Å²) in [6.07, 6.45) is 11.5. The van der Waals surface area contributed by atoms with Crippen molar-refractivity contribution in [2.75, 3.05) is 13.2 Å². The van der Waals surface area contributed by atoms with E-state index in [2.05, 4.69) is 6.92 Å². The monoisotopic (exact) mass is 474 g/mol. The molecule has 2 unspecified atom stereocenters. The number of carbonyl (C=O) groups is 3. The Labute approximate surface area is 199 Å². The van der Waals surface area contributed by atoms with Gasteiger partial charge in [0.25, 0.3) is 0 Å². The molecule has 0 aromatic carbocycles. The predicted molar refractivity (Wildman–Crippen MR) is 125 cm³/mol.